The number of halogens is 6. The molecule has 6 aromatic carbocycles. The van der Waals surface area contributed by atoms with E-state index < -0.39 is 9.67 Å². The molecule has 0 amide bonds. The zero-order valence-electron chi connectivity index (χ0n) is 28.5. The molecule has 0 aliphatic rings. The number of hydrogen-bond acceptors (Lipinski definition) is 0. The summed E-state index contributed by atoms with van der Waals surface area (Å²) in [7, 11) is 0. The first-order valence-electron chi connectivity index (χ1n) is 15.3. The molecule has 6 rings (SSSR count). The number of alkyl halides is 4. The molecule has 0 fully saturated rings. The summed E-state index contributed by atoms with van der Waals surface area (Å²) in [6.45, 7) is 17.4. The maximum atomic E-state index is 6.24. The second-order valence-electron chi connectivity index (χ2n) is 12.0. The Labute approximate surface area is 334 Å². The minimum absolute atomic E-state index is 0. The number of fused-ring (bicyclic) bond motifs is 2. The summed E-state index contributed by atoms with van der Waals surface area (Å²) in [6.07, 6.45) is 0. The zero-order chi connectivity index (χ0) is 33.9. The Morgan fingerprint density at radius 3 is 1.08 bits per heavy atom. The van der Waals surface area contributed by atoms with Crippen LogP contribution in [-0.2, 0) is 23.3 Å². The first-order valence-corrected chi connectivity index (χ1v) is 23.3. The molecule has 6 aromatic rings. The van der Waals surface area contributed by atoms with E-state index in [1.165, 1.54) is 77.2 Å². The smallest absolute Gasteiger partial charge is 0.0997 e. The van der Waals surface area contributed by atoms with Gasteiger partial charge in [-0.1, -0.05) is 137 Å². The van der Waals surface area contributed by atoms with Crippen LogP contribution >= 0.6 is 46.4 Å². The van der Waals surface area contributed by atoms with E-state index in [1.54, 1.807) is 23.3 Å². The van der Waals surface area contributed by atoms with E-state index in [1.807, 2.05) is 12.1 Å². The maximum absolute atomic E-state index is 6.24. The summed E-state index contributed by atoms with van der Waals surface area (Å²) in [5.74, 6) is 0. The molecule has 0 saturated heterocycles. The number of hydrogen-bond donors (Lipinski definition) is 0. The summed E-state index contributed by atoms with van der Waals surface area (Å²) in [4.78, 5) is -0.989. The van der Waals surface area contributed by atoms with Crippen molar-refractivity contribution in [1.29, 1.82) is 0 Å². The molecule has 0 radical (unpaired) electrons. The SMILES string of the molecule is C[Si](C)=[Zr+2].Cc1c(C)[c-](C(Cl)Cl)c2c(C)ccc(-c3ccccc3)c12.Cc1c(C)[c-](C(Cl)Cl)c2c(C)ccc(-c3ccccc3)c12.[Cl-].[Cl-]. The molecule has 252 valence electrons. The van der Waals surface area contributed by atoms with E-state index in [0.717, 1.165) is 11.1 Å². The van der Waals surface area contributed by atoms with Gasteiger partial charge in [0.15, 0.2) is 0 Å². The predicted octanol–water partition coefficient (Wildman–Crippen LogP) is 8.05. The molecule has 0 bridgehead atoms. The van der Waals surface area contributed by atoms with Gasteiger partial charge in [0.05, 0.1) is 9.67 Å². The summed E-state index contributed by atoms with van der Waals surface area (Å²) in [6, 6.07) is 29.6. The van der Waals surface area contributed by atoms with Crippen molar-refractivity contribution in [3.63, 3.8) is 0 Å². The van der Waals surface area contributed by atoms with Gasteiger partial charge in [0.25, 0.3) is 0 Å². The van der Waals surface area contributed by atoms with Crippen LogP contribution < -0.4 is 24.8 Å². The Bertz CT molecular complexity index is 1850. The van der Waals surface area contributed by atoms with Crippen LogP contribution in [0.25, 0.3) is 43.8 Å². The molecule has 0 heterocycles. The molecule has 0 nitrogen and oxygen atoms in total. The second-order valence-corrected chi connectivity index (χ2v) is 23.6. The largest absolute Gasteiger partial charge is 1.00 e. The maximum Gasteiger partial charge on any atom is 0.0997 e. The van der Waals surface area contributed by atoms with Crippen molar-refractivity contribution < 1.29 is 48.1 Å². The van der Waals surface area contributed by atoms with Crippen molar-refractivity contribution in [2.24, 2.45) is 0 Å². The van der Waals surface area contributed by atoms with Gasteiger partial charge in [-0.25, -0.2) is 0 Å². The van der Waals surface area contributed by atoms with Crippen molar-refractivity contribution in [3.05, 3.63) is 129 Å². The first kappa shape index (κ1) is 43.1. The molecule has 0 saturated carbocycles. The van der Waals surface area contributed by atoms with Gasteiger partial charge in [-0.2, -0.15) is 11.1 Å². The van der Waals surface area contributed by atoms with Crippen molar-refractivity contribution >= 4 is 73.4 Å². The fourth-order valence-electron chi connectivity index (χ4n) is 6.30. The van der Waals surface area contributed by atoms with Crippen molar-refractivity contribution in [2.45, 2.75) is 64.3 Å². The van der Waals surface area contributed by atoms with Crippen LogP contribution in [0.4, 0.5) is 0 Å². The van der Waals surface area contributed by atoms with Gasteiger partial charge >= 0.3 is 41.9 Å². The third-order valence-electron chi connectivity index (χ3n) is 8.66. The average Bonchev–Trinajstić information content (AvgIpc) is 3.45. The summed E-state index contributed by atoms with van der Waals surface area (Å²) in [5.41, 5.74) is 14.7. The second kappa shape index (κ2) is 19.0. The Hall–Kier alpha value is -1.06. The van der Waals surface area contributed by atoms with Crippen molar-refractivity contribution in [3.8, 4) is 22.3 Å². The molecule has 0 atom stereocenters. The van der Waals surface area contributed by atoms with Crippen LogP contribution in [-0.4, -0.2) is 5.43 Å². The minimum Gasteiger partial charge on any atom is -1.00 e. The molecule has 0 unspecified atom stereocenters. The van der Waals surface area contributed by atoms with Gasteiger partial charge < -0.3 is 24.8 Å². The van der Waals surface area contributed by atoms with E-state index in [0.29, 0.717) is 0 Å². The Balaban J connectivity index is 0.000000289. The molecular formula is C40H40Cl6SiZr-2. The van der Waals surface area contributed by atoms with Crippen molar-refractivity contribution in [1.82, 2.24) is 0 Å². The van der Waals surface area contributed by atoms with Gasteiger partial charge in [-0.05, 0) is 11.1 Å². The van der Waals surface area contributed by atoms with Crippen LogP contribution in [0.2, 0.25) is 13.1 Å². The average molecular weight is 853 g/mol. The van der Waals surface area contributed by atoms with E-state index in [2.05, 4.69) is 127 Å². The molecule has 0 aliphatic carbocycles. The van der Waals surface area contributed by atoms with Gasteiger partial charge in [0.1, 0.15) is 0 Å². The first-order chi connectivity index (χ1) is 21.8. The standard InChI is InChI=1S/2C19H17Cl2.C2H6Si.2ClH.Zr/c2*1-11-9-10-15(14-7-5-4-6-8-14)17-12(2)13(3)18(16(11)17)19(20)21;1-3-2;;;/h2*4-10,19H,1-3H3;1-2H3;2*1H;/q2*-1;;;;+2/p-2. The van der Waals surface area contributed by atoms with Crippen LogP contribution in [0, 0.1) is 41.5 Å². The Morgan fingerprint density at radius 2 is 0.812 bits per heavy atom. The van der Waals surface area contributed by atoms with E-state index >= 15 is 0 Å². The summed E-state index contributed by atoms with van der Waals surface area (Å²) in [5, 5.41) is 4.97. The predicted molar refractivity (Wildman–Crippen MR) is 205 cm³/mol. The Morgan fingerprint density at radius 1 is 0.521 bits per heavy atom. The molecule has 0 N–H and O–H groups in total. The van der Waals surface area contributed by atoms with Crippen LogP contribution in [0.5, 0.6) is 0 Å². The van der Waals surface area contributed by atoms with Crippen LogP contribution in [0.3, 0.4) is 0 Å². The minimum atomic E-state index is -0.495. The topological polar surface area (TPSA) is 0 Å². The molecule has 8 heteroatoms. The Kier molecular flexibility index (Phi) is 17.0. The van der Waals surface area contributed by atoms with Gasteiger partial charge in [0, 0.05) is 0 Å². The fourth-order valence-corrected chi connectivity index (χ4v) is 7.39. The van der Waals surface area contributed by atoms with Gasteiger partial charge in [0.2, 0.25) is 0 Å². The monoisotopic (exact) mass is 848 g/mol. The van der Waals surface area contributed by atoms with E-state index in [-0.39, 0.29) is 30.2 Å². The van der Waals surface area contributed by atoms with Gasteiger partial charge in [-0.3, -0.25) is 0 Å². The summed E-state index contributed by atoms with van der Waals surface area (Å²) < 4.78 is 0. The number of aryl methyl sites for hydroxylation is 4. The quantitative estimate of drug-likeness (QED) is 0.0958. The fraction of sp³-hybridized carbons (Fsp3) is 0.250. The number of benzene rings is 4. The molecule has 0 spiro atoms. The van der Waals surface area contributed by atoms with Crippen LogP contribution in [0.1, 0.15) is 54.2 Å². The molecule has 0 aliphatic heterocycles. The molecule has 48 heavy (non-hydrogen) atoms. The molecular weight excluding hydrogens is 812 g/mol. The third kappa shape index (κ3) is 9.23. The van der Waals surface area contributed by atoms with Crippen LogP contribution in [0.15, 0.2) is 84.9 Å². The van der Waals surface area contributed by atoms with E-state index in [9.17, 15) is 0 Å². The third-order valence-corrected chi connectivity index (χ3v) is 9.53. The number of rotatable bonds is 4. The molecule has 0 aromatic heterocycles. The van der Waals surface area contributed by atoms with Gasteiger partial charge in [-0.15, -0.1) is 102 Å². The van der Waals surface area contributed by atoms with E-state index in [4.69, 9.17) is 46.4 Å². The van der Waals surface area contributed by atoms with Crippen molar-refractivity contribution in [2.75, 3.05) is 0 Å². The normalized spacial score (nSPS) is 10.7. The zero-order valence-corrected chi connectivity index (χ0v) is 36.5. The summed E-state index contributed by atoms with van der Waals surface area (Å²) >= 11 is 26.7.